The van der Waals surface area contributed by atoms with Crippen LogP contribution < -0.4 is 16.0 Å². The van der Waals surface area contributed by atoms with E-state index in [1.807, 2.05) is 92.4 Å². The zero-order valence-electron chi connectivity index (χ0n) is 51.5. The Morgan fingerprint density at radius 2 is 0.774 bits per heavy atom. The number of likely N-dealkylation sites (tertiary alicyclic amines) is 3. The standard InChI is InChI=1S/C24H35N3O3.2C21H29N3O3/c1-23(2,3)30-22(29)26-16-8-7-11-21(28)27-17-14-24(19-25,15-18-27)13-12-20-9-5-4-6-10-20;1-20(2,3)27-19(26)23-12-9-18(25)24-13-10-21(16-22,11-14-24)15-17-7-5-4-6-8-17;1-20(2,3)27-19(26)23-15-18(25)24-13-11-21(16-22,12-14-24)10-9-17-7-5-4-6-8-17/h4-6,9-10H,7-8,11-18H2,1-3H3,(H,26,29);2*4-8H,9-15H2,1-3H3,(H,23,26). The molecule has 6 rings (SSSR count). The quantitative estimate of drug-likeness (QED) is 0.0795. The Morgan fingerprint density at radius 3 is 1.15 bits per heavy atom. The molecular weight excluding hydrogens is 1060 g/mol. The second-order valence-electron chi connectivity index (χ2n) is 25.4. The van der Waals surface area contributed by atoms with Crippen LogP contribution in [0, 0.1) is 50.2 Å². The largest absolute Gasteiger partial charge is 0.444 e. The maximum absolute atomic E-state index is 12.5. The highest BCUT2D eigenvalue weighted by Gasteiger charge is 2.38. The summed E-state index contributed by atoms with van der Waals surface area (Å²) in [5.41, 5.74) is 0.859. The average Bonchev–Trinajstić information content (AvgIpc) is 3.47. The smallest absolute Gasteiger partial charge is 0.408 e. The minimum atomic E-state index is -0.595. The fourth-order valence-corrected chi connectivity index (χ4v) is 10.1. The number of piperidine rings is 3. The Hall–Kier alpha value is -7.65. The Morgan fingerprint density at radius 1 is 0.440 bits per heavy atom. The molecule has 18 heteroatoms. The first-order valence-electron chi connectivity index (χ1n) is 29.8. The molecular formula is C66H93N9O9. The number of amides is 6. The van der Waals surface area contributed by atoms with Gasteiger partial charge < -0.3 is 44.9 Å². The van der Waals surface area contributed by atoms with Gasteiger partial charge in [-0.05, 0) is 162 Å². The van der Waals surface area contributed by atoms with Gasteiger partial charge in [-0.1, -0.05) is 91.0 Å². The maximum Gasteiger partial charge on any atom is 0.408 e. The van der Waals surface area contributed by atoms with Crippen LogP contribution in [0.15, 0.2) is 91.0 Å². The normalized spacial score (nSPS) is 16.1. The molecule has 0 unspecified atom stereocenters. The van der Waals surface area contributed by atoms with Crippen molar-refractivity contribution < 1.29 is 43.0 Å². The second kappa shape index (κ2) is 33.0. The molecule has 0 aliphatic carbocycles. The summed E-state index contributed by atoms with van der Waals surface area (Å²) in [6.45, 7) is 20.4. The van der Waals surface area contributed by atoms with Gasteiger partial charge in [0.2, 0.25) is 17.7 Å². The lowest BCUT2D eigenvalue weighted by Crippen LogP contribution is -2.47. The number of alkyl carbamates (subject to hydrolysis) is 3. The average molecular weight is 1160 g/mol. The molecule has 456 valence electrons. The van der Waals surface area contributed by atoms with Crippen LogP contribution in [0.5, 0.6) is 0 Å². The van der Waals surface area contributed by atoms with E-state index in [4.69, 9.17) is 14.2 Å². The molecule has 3 aromatic rings. The van der Waals surface area contributed by atoms with Gasteiger partial charge in [0.15, 0.2) is 0 Å². The van der Waals surface area contributed by atoms with Crippen LogP contribution in [0.1, 0.15) is 156 Å². The number of nitriles is 3. The highest BCUT2D eigenvalue weighted by molar-refractivity contribution is 5.82. The van der Waals surface area contributed by atoms with Crippen molar-refractivity contribution in [1.29, 1.82) is 15.8 Å². The third kappa shape index (κ3) is 25.9. The van der Waals surface area contributed by atoms with Crippen LogP contribution in [0.2, 0.25) is 0 Å². The predicted octanol–water partition coefficient (Wildman–Crippen LogP) is 11.0. The molecule has 18 nitrogen and oxygen atoms in total. The molecule has 6 amide bonds. The summed E-state index contributed by atoms with van der Waals surface area (Å²) in [6.07, 6.45) is 8.88. The molecule has 0 spiro atoms. The van der Waals surface area contributed by atoms with Gasteiger partial charge in [0.1, 0.15) is 23.3 Å². The molecule has 3 aromatic carbocycles. The number of hydrogen-bond acceptors (Lipinski definition) is 12. The summed E-state index contributed by atoms with van der Waals surface area (Å²) in [7, 11) is 0. The SMILES string of the molecule is CC(C)(C)OC(=O)NCC(=O)N1CCC(C#N)(CCc2ccccc2)CC1.CC(C)(C)OC(=O)NCCC(=O)N1CCC(C#N)(Cc2ccccc2)CC1.CC(C)(C)OC(=O)NCCCCC(=O)N1CCC(C#N)(CCc2ccccc2)CC1. The van der Waals surface area contributed by atoms with Gasteiger partial charge in [-0.3, -0.25) is 14.4 Å². The zero-order valence-corrected chi connectivity index (χ0v) is 51.5. The molecule has 3 saturated heterocycles. The first-order chi connectivity index (χ1) is 39.7. The molecule has 3 aliphatic rings. The Balaban J connectivity index is 0.000000271. The molecule has 0 aromatic heterocycles. The molecule has 0 radical (unpaired) electrons. The van der Waals surface area contributed by atoms with E-state index in [2.05, 4.69) is 58.4 Å². The summed E-state index contributed by atoms with van der Waals surface area (Å²) < 4.78 is 15.5. The third-order valence-electron chi connectivity index (χ3n) is 15.1. The van der Waals surface area contributed by atoms with Crippen molar-refractivity contribution >= 4 is 36.0 Å². The lowest BCUT2D eigenvalue weighted by molar-refractivity contribution is -0.133. The van der Waals surface area contributed by atoms with E-state index in [1.165, 1.54) is 11.1 Å². The van der Waals surface area contributed by atoms with Gasteiger partial charge in [0.25, 0.3) is 0 Å². The van der Waals surface area contributed by atoms with Crippen molar-refractivity contribution in [2.75, 3.05) is 58.9 Å². The molecule has 3 N–H and O–H groups in total. The maximum atomic E-state index is 12.5. The number of ether oxygens (including phenoxy) is 3. The van der Waals surface area contributed by atoms with E-state index in [-0.39, 0.29) is 48.1 Å². The van der Waals surface area contributed by atoms with Gasteiger partial charge >= 0.3 is 18.3 Å². The van der Waals surface area contributed by atoms with Crippen LogP contribution in [0.25, 0.3) is 0 Å². The van der Waals surface area contributed by atoms with E-state index < -0.39 is 40.5 Å². The number of unbranched alkanes of at least 4 members (excludes halogenated alkanes) is 1. The first-order valence-corrected chi connectivity index (χ1v) is 29.8. The van der Waals surface area contributed by atoms with E-state index >= 15 is 0 Å². The Bertz CT molecular complexity index is 2680. The molecule has 0 saturated carbocycles. The third-order valence-corrected chi connectivity index (χ3v) is 15.1. The van der Waals surface area contributed by atoms with Crippen molar-refractivity contribution in [3.05, 3.63) is 108 Å². The number of carbonyl (C=O) groups is 6. The fourth-order valence-electron chi connectivity index (χ4n) is 10.1. The summed E-state index contributed by atoms with van der Waals surface area (Å²) >= 11 is 0. The highest BCUT2D eigenvalue weighted by Crippen LogP contribution is 2.38. The molecule has 0 bridgehead atoms. The van der Waals surface area contributed by atoms with Crippen LogP contribution in [-0.2, 0) is 47.9 Å². The minimum Gasteiger partial charge on any atom is -0.444 e. The summed E-state index contributed by atoms with van der Waals surface area (Å²) in [5, 5.41) is 37.0. The lowest BCUT2D eigenvalue weighted by Gasteiger charge is -2.37. The van der Waals surface area contributed by atoms with Crippen molar-refractivity contribution in [2.45, 2.75) is 175 Å². The van der Waals surface area contributed by atoms with Gasteiger partial charge in [0.05, 0.1) is 34.5 Å². The fraction of sp³-hybridized carbons (Fsp3) is 0.591. The van der Waals surface area contributed by atoms with Gasteiger partial charge in [0, 0.05) is 65.2 Å². The molecule has 3 heterocycles. The van der Waals surface area contributed by atoms with Gasteiger partial charge in [-0.15, -0.1) is 0 Å². The van der Waals surface area contributed by atoms with Crippen molar-refractivity contribution in [3.8, 4) is 18.2 Å². The first kappa shape index (κ1) is 68.8. The minimum absolute atomic E-state index is 0.00249. The van der Waals surface area contributed by atoms with E-state index in [0.717, 1.165) is 56.9 Å². The van der Waals surface area contributed by atoms with E-state index in [9.17, 15) is 44.6 Å². The summed E-state index contributed by atoms with van der Waals surface area (Å²) in [5.74, 6) is -0.00497. The monoisotopic (exact) mass is 1160 g/mol. The van der Waals surface area contributed by atoms with Crippen LogP contribution >= 0.6 is 0 Å². The lowest BCUT2D eigenvalue weighted by atomic mass is 9.75. The number of carbonyl (C=O) groups excluding carboxylic acids is 6. The number of rotatable bonds is 18. The number of benzene rings is 3. The highest BCUT2D eigenvalue weighted by atomic mass is 16.6. The summed E-state index contributed by atoms with van der Waals surface area (Å²) in [6, 6.07) is 37.9. The number of hydrogen-bond donors (Lipinski definition) is 3. The van der Waals surface area contributed by atoms with Crippen LogP contribution in [0.4, 0.5) is 14.4 Å². The van der Waals surface area contributed by atoms with Gasteiger partial charge in [-0.2, -0.15) is 15.8 Å². The Kier molecular flexibility index (Phi) is 27.0. The second-order valence-corrected chi connectivity index (χ2v) is 25.4. The summed E-state index contributed by atoms with van der Waals surface area (Å²) in [4.78, 5) is 77.5. The van der Waals surface area contributed by atoms with Gasteiger partial charge in [-0.25, -0.2) is 14.4 Å². The van der Waals surface area contributed by atoms with Crippen molar-refractivity contribution in [2.24, 2.45) is 16.2 Å². The van der Waals surface area contributed by atoms with Crippen LogP contribution in [-0.4, -0.2) is 126 Å². The number of aryl methyl sites for hydroxylation is 2. The topological polar surface area (TPSA) is 247 Å². The van der Waals surface area contributed by atoms with Crippen molar-refractivity contribution in [1.82, 2.24) is 30.7 Å². The number of nitrogens with zero attached hydrogens (tertiary/aromatic N) is 6. The van der Waals surface area contributed by atoms with Crippen LogP contribution in [0.3, 0.4) is 0 Å². The van der Waals surface area contributed by atoms with E-state index in [0.29, 0.717) is 84.3 Å². The predicted molar refractivity (Wildman–Crippen MR) is 322 cm³/mol. The van der Waals surface area contributed by atoms with Crippen molar-refractivity contribution in [3.63, 3.8) is 0 Å². The Labute approximate surface area is 499 Å². The molecule has 3 fully saturated rings. The molecule has 0 atom stereocenters. The number of nitrogens with one attached hydrogen (secondary N) is 3. The van der Waals surface area contributed by atoms with E-state index in [1.54, 1.807) is 51.3 Å². The molecule has 84 heavy (non-hydrogen) atoms. The molecule has 3 aliphatic heterocycles. The zero-order chi connectivity index (χ0) is 61.9.